The summed E-state index contributed by atoms with van der Waals surface area (Å²) in [5.74, 6) is 0.557. The van der Waals surface area contributed by atoms with Gasteiger partial charge in [-0.15, -0.1) is 0 Å². The lowest BCUT2D eigenvalue weighted by atomic mass is 10.1. The van der Waals surface area contributed by atoms with Crippen molar-refractivity contribution in [3.63, 3.8) is 0 Å². The van der Waals surface area contributed by atoms with E-state index < -0.39 is 0 Å². The van der Waals surface area contributed by atoms with Crippen LogP contribution in [-0.2, 0) is 14.3 Å². The molecule has 1 unspecified atom stereocenters. The molecule has 24 heavy (non-hydrogen) atoms. The summed E-state index contributed by atoms with van der Waals surface area (Å²) >= 11 is 0. The highest BCUT2D eigenvalue weighted by Crippen LogP contribution is 2.33. The van der Waals surface area contributed by atoms with Gasteiger partial charge in [-0.2, -0.15) is 0 Å². The van der Waals surface area contributed by atoms with E-state index in [1.807, 2.05) is 38.1 Å². The molecule has 1 aromatic rings. The normalized spacial score (nSPS) is 16.2. The van der Waals surface area contributed by atoms with Crippen LogP contribution in [0, 0.1) is 0 Å². The highest BCUT2D eigenvalue weighted by Gasteiger charge is 2.27. The predicted octanol–water partition coefficient (Wildman–Crippen LogP) is 2.12. The van der Waals surface area contributed by atoms with Gasteiger partial charge in [-0.1, -0.05) is 12.1 Å². The number of fused-ring (bicyclic) bond motifs is 1. The molecule has 1 aromatic carbocycles. The Bertz CT molecular complexity index is 562. The van der Waals surface area contributed by atoms with Gasteiger partial charge in [0.1, 0.15) is 11.9 Å². The number of anilines is 1. The van der Waals surface area contributed by atoms with Crippen LogP contribution in [0.15, 0.2) is 24.3 Å². The fraction of sp³-hybridized carbons (Fsp3) is 0.556. The third kappa shape index (κ3) is 5.23. The van der Waals surface area contributed by atoms with E-state index in [4.69, 9.17) is 9.47 Å². The minimum absolute atomic E-state index is 0.0536. The van der Waals surface area contributed by atoms with Gasteiger partial charge in [0.05, 0.1) is 12.2 Å². The first kappa shape index (κ1) is 18.3. The molecule has 0 saturated heterocycles. The second-order valence-corrected chi connectivity index (χ2v) is 5.80. The van der Waals surface area contributed by atoms with E-state index in [0.717, 1.165) is 12.1 Å². The molecule has 1 aliphatic rings. The average molecular weight is 334 g/mol. The molecule has 0 radical (unpaired) electrons. The Morgan fingerprint density at radius 1 is 1.33 bits per heavy atom. The fourth-order valence-corrected chi connectivity index (χ4v) is 2.62. The van der Waals surface area contributed by atoms with Crippen molar-refractivity contribution in [2.75, 3.05) is 31.2 Å². The molecule has 1 heterocycles. The summed E-state index contributed by atoms with van der Waals surface area (Å²) in [5.41, 5.74) is 0.776. The molecular formula is C18H26N2O4. The molecule has 6 heteroatoms. The number of rotatable bonds is 8. The number of nitrogens with zero attached hydrogens (tertiary/aromatic N) is 1. The average Bonchev–Trinajstić information content (AvgIpc) is 2.58. The molecule has 2 rings (SSSR count). The summed E-state index contributed by atoms with van der Waals surface area (Å²) in [6, 6.07) is 7.49. The number of benzene rings is 1. The van der Waals surface area contributed by atoms with Gasteiger partial charge in [0.2, 0.25) is 11.8 Å². The minimum atomic E-state index is -0.102. The predicted molar refractivity (Wildman–Crippen MR) is 92.2 cm³/mol. The van der Waals surface area contributed by atoms with Gasteiger partial charge in [-0.3, -0.25) is 9.59 Å². The lowest BCUT2D eigenvalue weighted by Crippen LogP contribution is -2.42. The van der Waals surface area contributed by atoms with Gasteiger partial charge in [0.15, 0.2) is 0 Å². The van der Waals surface area contributed by atoms with Crippen LogP contribution in [0.1, 0.15) is 33.1 Å². The molecule has 2 amide bonds. The Balaban J connectivity index is 1.79. The molecule has 132 valence electrons. The maximum absolute atomic E-state index is 12.5. The monoisotopic (exact) mass is 334 g/mol. The maximum Gasteiger partial charge on any atom is 0.227 e. The molecule has 0 bridgehead atoms. The van der Waals surface area contributed by atoms with Crippen molar-refractivity contribution >= 4 is 17.5 Å². The van der Waals surface area contributed by atoms with Crippen molar-refractivity contribution in [3.05, 3.63) is 24.3 Å². The number of ether oxygens (including phenoxy) is 2. The van der Waals surface area contributed by atoms with Crippen molar-refractivity contribution in [2.45, 2.75) is 39.2 Å². The van der Waals surface area contributed by atoms with Crippen LogP contribution in [0.4, 0.5) is 5.69 Å². The van der Waals surface area contributed by atoms with E-state index in [1.54, 1.807) is 4.90 Å². The number of nitrogens with one attached hydrogen (secondary N) is 1. The van der Waals surface area contributed by atoms with Crippen molar-refractivity contribution in [1.82, 2.24) is 5.32 Å². The van der Waals surface area contributed by atoms with E-state index >= 15 is 0 Å². The Labute approximate surface area is 143 Å². The molecule has 0 aromatic heterocycles. The van der Waals surface area contributed by atoms with Crippen molar-refractivity contribution in [1.29, 1.82) is 0 Å². The lowest BCUT2D eigenvalue weighted by Gasteiger charge is -2.33. The minimum Gasteiger partial charge on any atom is -0.487 e. The lowest BCUT2D eigenvalue weighted by molar-refractivity contribution is -0.125. The molecular weight excluding hydrogens is 308 g/mol. The van der Waals surface area contributed by atoms with Crippen LogP contribution < -0.4 is 15.0 Å². The van der Waals surface area contributed by atoms with Crippen molar-refractivity contribution in [3.8, 4) is 5.75 Å². The van der Waals surface area contributed by atoms with E-state index in [1.165, 1.54) is 0 Å². The Morgan fingerprint density at radius 2 is 2.12 bits per heavy atom. The second-order valence-electron chi connectivity index (χ2n) is 5.80. The first-order chi connectivity index (χ1) is 11.6. The van der Waals surface area contributed by atoms with Gasteiger partial charge in [-0.25, -0.2) is 0 Å². The molecule has 0 saturated carbocycles. The zero-order valence-electron chi connectivity index (χ0n) is 14.4. The van der Waals surface area contributed by atoms with Crippen LogP contribution in [0.2, 0.25) is 0 Å². The third-order valence-corrected chi connectivity index (χ3v) is 3.78. The van der Waals surface area contributed by atoms with E-state index in [0.29, 0.717) is 32.1 Å². The standard InChI is InChI=1S/C18H26N2O4/c1-3-23-12-6-11-19-17(21)9-10-18(22)20-13-14(2)24-16-8-5-4-7-15(16)20/h4-5,7-8,14H,3,6,9-13H2,1-2H3,(H,19,21). The highest BCUT2D eigenvalue weighted by molar-refractivity contribution is 5.97. The largest absolute Gasteiger partial charge is 0.487 e. The van der Waals surface area contributed by atoms with Crippen LogP contribution >= 0.6 is 0 Å². The van der Waals surface area contributed by atoms with Crippen molar-refractivity contribution in [2.24, 2.45) is 0 Å². The van der Waals surface area contributed by atoms with Crippen molar-refractivity contribution < 1.29 is 19.1 Å². The molecule has 0 fully saturated rings. The number of hydrogen-bond acceptors (Lipinski definition) is 4. The highest BCUT2D eigenvalue weighted by atomic mass is 16.5. The van der Waals surface area contributed by atoms with Gasteiger partial charge < -0.3 is 19.7 Å². The summed E-state index contributed by atoms with van der Waals surface area (Å²) in [5, 5.41) is 2.81. The number of para-hydroxylation sites is 2. The quantitative estimate of drug-likeness (QED) is 0.740. The first-order valence-electron chi connectivity index (χ1n) is 8.52. The van der Waals surface area contributed by atoms with Gasteiger partial charge in [-0.05, 0) is 32.4 Å². The van der Waals surface area contributed by atoms with E-state index in [-0.39, 0.29) is 30.8 Å². The first-order valence-corrected chi connectivity index (χ1v) is 8.52. The van der Waals surface area contributed by atoms with Crippen LogP contribution in [-0.4, -0.2) is 44.2 Å². The van der Waals surface area contributed by atoms with Gasteiger partial charge >= 0.3 is 0 Å². The zero-order chi connectivity index (χ0) is 17.4. The van der Waals surface area contributed by atoms with E-state index in [9.17, 15) is 9.59 Å². The topological polar surface area (TPSA) is 67.9 Å². The summed E-state index contributed by atoms with van der Waals surface area (Å²) < 4.78 is 11.0. The Hall–Kier alpha value is -2.08. The van der Waals surface area contributed by atoms with Crippen LogP contribution in [0.5, 0.6) is 5.75 Å². The summed E-state index contributed by atoms with van der Waals surface area (Å²) in [7, 11) is 0. The fourth-order valence-electron chi connectivity index (χ4n) is 2.62. The Kier molecular flexibility index (Phi) is 7.06. The van der Waals surface area contributed by atoms with Crippen LogP contribution in [0.25, 0.3) is 0 Å². The smallest absolute Gasteiger partial charge is 0.227 e. The molecule has 6 nitrogen and oxygen atoms in total. The number of amides is 2. The molecule has 0 aliphatic carbocycles. The number of carbonyl (C=O) groups excluding carboxylic acids is 2. The molecule has 0 spiro atoms. The Morgan fingerprint density at radius 3 is 2.92 bits per heavy atom. The number of hydrogen-bond donors (Lipinski definition) is 1. The summed E-state index contributed by atoms with van der Waals surface area (Å²) in [4.78, 5) is 26.0. The zero-order valence-corrected chi connectivity index (χ0v) is 14.4. The third-order valence-electron chi connectivity index (χ3n) is 3.78. The SMILES string of the molecule is CCOCCCNC(=O)CCC(=O)N1CC(C)Oc2ccccc21. The summed E-state index contributed by atoms with van der Waals surface area (Å²) in [6.45, 7) is 6.27. The van der Waals surface area contributed by atoms with E-state index in [2.05, 4.69) is 5.32 Å². The maximum atomic E-state index is 12.5. The van der Waals surface area contributed by atoms with Crippen LogP contribution in [0.3, 0.4) is 0 Å². The summed E-state index contributed by atoms with van der Waals surface area (Å²) in [6.07, 6.45) is 1.11. The number of carbonyl (C=O) groups is 2. The molecule has 1 aliphatic heterocycles. The molecule has 1 N–H and O–H groups in total. The van der Waals surface area contributed by atoms with Gasteiger partial charge in [0.25, 0.3) is 0 Å². The van der Waals surface area contributed by atoms with Gasteiger partial charge in [0, 0.05) is 32.6 Å². The second kappa shape index (κ2) is 9.27. The molecule has 1 atom stereocenters.